The highest BCUT2D eigenvalue weighted by Crippen LogP contribution is 2.07. The van der Waals surface area contributed by atoms with Gasteiger partial charge in [0.05, 0.1) is 0 Å². The average molecular weight is 362 g/mol. The van der Waals surface area contributed by atoms with Crippen LogP contribution in [-0.2, 0) is 16.1 Å². The van der Waals surface area contributed by atoms with E-state index in [1.165, 1.54) is 4.57 Å². The third-order valence-electron chi connectivity index (χ3n) is 4.70. The molecule has 0 atom stereocenters. The first-order valence-electron chi connectivity index (χ1n) is 9.46. The van der Waals surface area contributed by atoms with Crippen LogP contribution in [0.5, 0.6) is 0 Å². The molecule has 1 aromatic rings. The number of aryl methyl sites for hydroxylation is 1. The second-order valence-corrected chi connectivity index (χ2v) is 6.80. The molecule has 0 aliphatic carbocycles. The number of anilines is 1. The molecule has 0 aromatic carbocycles. The number of carbonyl (C=O) groups excluding carboxylic acids is 2. The second-order valence-electron chi connectivity index (χ2n) is 6.80. The summed E-state index contributed by atoms with van der Waals surface area (Å²) in [6.45, 7) is 10.1. The second kappa shape index (κ2) is 9.52. The van der Waals surface area contributed by atoms with E-state index in [4.69, 9.17) is 0 Å². The van der Waals surface area contributed by atoms with Crippen LogP contribution in [0.1, 0.15) is 38.8 Å². The lowest BCUT2D eigenvalue weighted by molar-refractivity contribution is -0.133. The van der Waals surface area contributed by atoms with E-state index in [1.54, 1.807) is 19.1 Å². The van der Waals surface area contributed by atoms with Crippen LogP contribution in [0.4, 0.5) is 5.69 Å². The van der Waals surface area contributed by atoms with E-state index in [9.17, 15) is 14.4 Å². The van der Waals surface area contributed by atoms with Gasteiger partial charge < -0.3 is 14.8 Å². The molecule has 1 saturated heterocycles. The molecule has 1 aromatic heterocycles. The maximum Gasteiger partial charge on any atom is 0.274 e. The lowest BCUT2D eigenvalue weighted by Crippen LogP contribution is -2.50. The van der Waals surface area contributed by atoms with Gasteiger partial charge in [0.25, 0.3) is 5.56 Å². The minimum absolute atomic E-state index is 0.00985. The fraction of sp³-hybridized carbons (Fsp3) is 0.632. The molecule has 0 spiro atoms. The van der Waals surface area contributed by atoms with Gasteiger partial charge in [-0.3, -0.25) is 19.3 Å². The van der Waals surface area contributed by atoms with Crippen LogP contribution in [0.15, 0.2) is 16.9 Å². The maximum atomic E-state index is 12.7. The summed E-state index contributed by atoms with van der Waals surface area (Å²) in [7, 11) is 0. The normalized spacial score (nSPS) is 15.1. The third kappa shape index (κ3) is 5.17. The zero-order valence-electron chi connectivity index (χ0n) is 16.1. The van der Waals surface area contributed by atoms with Crippen molar-refractivity contribution in [1.29, 1.82) is 0 Å². The Morgan fingerprint density at radius 3 is 2.38 bits per heavy atom. The van der Waals surface area contributed by atoms with E-state index in [0.29, 0.717) is 31.6 Å². The van der Waals surface area contributed by atoms with E-state index >= 15 is 0 Å². The highest BCUT2D eigenvalue weighted by Gasteiger charge is 2.22. The van der Waals surface area contributed by atoms with Gasteiger partial charge in [-0.25, -0.2) is 0 Å². The van der Waals surface area contributed by atoms with E-state index in [1.807, 2.05) is 11.8 Å². The van der Waals surface area contributed by atoms with Crippen molar-refractivity contribution >= 4 is 17.5 Å². The SMILES string of the molecule is CCCC(=O)Nc1ccc(C)n(CC(=O)N2CCN(CCC)CC2)c1=O. The van der Waals surface area contributed by atoms with Crippen LogP contribution in [0.3, 0.4) is 0 Å². The van der Waals surface area contributed by atoms with Crippen molar-refractivity contribution in [2.24, 2.45) is 0 Å². The minimum atomic E-state index is -0.326. The lowest BCUT2D eigenvalue weighted by Gasteiger charge is -2.34. The number of hydrogen-bond donors (Lipinski definition) is 1. The standard InChI is InChI=1S/C19H30N4O3/c1-4-6-17(24)20-16-8-7-15(3)23(19(16)26)14-18(25)22-12-10-21(9-5-2)11-13-22/h7-8H,4-6,9-14H2,1-3H3,(H,20,24). The Morgan fingerprint density at radius 1 is 1.08 bits per heavy atom. The molecular formula is C19H30N4O3. The highest BCUT2D eigenvalue weighted by atomic mass is 16.2. The summed E-state index contributed by atoms with van der Waals surface area (Å²) in [5.74, 6) is -0.234. The molecule has 26 heavy (non-hydrogen) atoms. The number of nitrogens with zero attached hydrogens (tertiary/aromatic N) is 3. The van der Waals surface area contributed by atoms with Gasteiger partial charge in [-0.2, -0.15) is 0 Å². The first kappa shape index (κ1) is 20.2. The zero-order valence-corrected chi connectivity index (χ0v) is 16.1. The van der Waals surface area contributed by atoms with Gasteiger partial charge in [0.1, 0.15) is 12.2 Å². The number of aromatic nitrogens is 1. The van der Waals surface area contributed by atoms with Crippen LogP contribution in [0, 0.1) is 6.92 Å². The summed E-state index contributed by atoms with van der Waals surface area (Å²) in [6.07, 6.45) is 2.20. The maximum absolute atomic E-state index is 12.7. The van der Waals surface area contributed by atoms with Gasteiger partial charge in [-0.1, -0.05) is 13.8 Å². The van der Waals surface area contributed by atoms with E-state index in [-0.39, 0.29) is 29.6 Å². The van der Waals surface area contributed by atoms with Crippen molar-refractivity contribution in [3.8, 4) is 0 Å². The van der Waals surface area contributed by atoms with E-state index in [2.05, 4.69) is 17.1 Å². The molecule has 0 unspecified atom stereocenters. The van der Waals surface area contributed by atoms with Crippen LogP contribution in [-0.4, -0.2) is 58.9 Å². The highest BCUT2D eigenvalue weighted by molar-refractivity contribution is 5.90. The molecule has 2 heterocycles. The molecule has 0 radical (unpaired) electrons. The largest absolute Gasteiger partial charge is 0.339 e. The Hall–Kier alpha value is -2.15. The molecule has 7 heteroatoms. The number of carbonyl (C=O) groups is 2. The summed E-state index contributed by atoms with van der Waals surface area (Å²) >= 11 is 0. The molecule has 1 N–H and O–H groups in total. The van der Waals surface area contributed by atoms with Gasteiger partial charge in [-0.05, 0) is 38.4 Å². The van der Waals surface area contributed by atoms with Crippen molar-refractivity contribution in [3.05, 3.63) is 28.2 Å². The molecular weight excluding hydrogens is 332 g/mol. The summed E-state index contributed by atoms with van der Waals surface area (Å²) in [4.78, 5) is 41.2. The van der Waals surface area contributed by atoms with Gasteiger partial charge in [0.2, 0.25) is 11.8 Å². The molecule has 0 saturated carbocycles. The van der Waals surface area contributed by atoms with Crippen molar-refractivity contribution < 1.29 is 9.59 Å². The predicted octanol–water partition coefficient (Wildman–Crippen LogP) is 1.45. The van der Waals surface area contributed by atoms with Crippen LogP contribution in [0.25, 0.3) is 0 Å². The summed E-state index contributed by atoms with van der Waals surface area (Å²) < 4.78 is 1.45. The van der Waals surface area contributed by atoms with Crippen LogP contribution in [0.2, 0.25) is 0 Å². The van der Waals surface area contributed by atoms with Crippen molar-refractivity contribution in [3.63, 3.8) is 0 Å². The first-order valence-corrected chi connectivity index (χ1v) is 9.46. The quantitative estimate of drug-likeness (QED) is 0.797. The Balaban J connectivity index is 2.05. The van der Waals surface area contributed by atoms with Crippen molar-refractivity contribution in [2.75, 3.05) is 38.0 Å². The van der Waals surface area contributed by atoms with Gasteiger partial charge in [0, 0.05) is 38.3 Å². The molecule has 144 valence electrons. The fourth-order valence-corrected chi connectivity index (χ4v) is 3.17. The van der Waals surface area contributed by atoms with Crippen LogP contribution >= 0.6 is 0 Å². The summed E-state index contributed by atoms with van der Waals surface area (Å²) in [5.41, 5.74) is 0.614. The van der Waals surface area contributed by atoms with E-state index in [0.717, 1.165) is 26.1 Å². The number of rotatable bonds is 7. The van der Waals surface area contributed by atoms with Crippen molar-refractivity contribution in [2.45, 2.75) is 46.6 Å². The lowest BCUT2D eigenvalue weighted by atomic mass is 10.2. The summed E-state index contributed by atoms with van der Waals surface area (Å²) in [5, 5.41) is 2.65. The molecule has 1 fully saturated rings. The van der Waals surface area contributed by atoms with Crippen molar-refractivity contribution in [1.82, 2.24) is 14.4 Å². The van der Waals surface area contributed by atoms with Gasteiger partial charge in [0.15, 0.2) is 0 Å². The fourth-order valence-electron chi connectivity index (χ4n) is 3.17. The minimum Gasteiger partial charge on any atom is -0.339 e. The van der Waals surface area contributed by atoms with E-state index < -0.39 is 0 Å². The summed E-state index contributed by atoms with van der Waals surface area (Å²) in [6, 6.07) is 3.37. The average Bonchev–Trinajstić information content (AvgIpc) is 2.62. The van der Waals surface area contributed by atoms with Gasteiger partial charge >= 0.3 is 0 Å². The third-order valence-corrected chi connectivity index (χ3v) is 4.70. The Kier molecular flexibility index (Phi) is 7.38. The van der Waals surface area contributed by atoms with Gasteiger partial charge in [-0.15, -0.1) is 0 Å². The monoisotopic (exact) mass is 362 g/mol. The zero-order chi connectivity index (χ0) is 19.1. The number of piperazine rings is 1. The van der Waals surface area contributed by atoms with Crippen LogP contribution < -0.4 is 10.9 Å². The smallest absolute Gasteiger partial charge is 0.274 e. The topological polar surface area (TPSA) is 74.7 Å². The Bertz CT molecular complexity index is 691. The molecule has 2 amide bonds. The Labute approximate surface area is 155 Å². The number of amides is 2. The number of nitrogens with one attached hydrogen (secondary N) is 1. The molecule has 1 aliphatic rings. The molecule has 2 rings (SSSR count). The molecule has 0 bridgehead atoms. The molecule has 7 nitrogen and oxygen atoms in total. The molecule has 1 aliphatic heterocycles. The Morgan fingerprint density at radius 2 is 1.77 bits per heavy atom. The predicted molar refractivity (Wildman–Crippen MR) is 102 cm³/mol. The number of hydrogen-bond acceptors (Lipinski definition) is 4. The first-order chi connectivity index (χ1) is 12.5. The number of pyridine rings is 1.